The van der Waals surface area contributed by atoms with E-state index in [1.165, 1.54) is 11.3 Å². The lowest BCUT2D eigenvalue weighted by atomic mass is 10.5. The van der Waals surface area contributed by atoms with Gasteiger partial charge in [-0.1, -0.05) is 16.4 Å². The normalized spacial score (nSPS) is 10.4. The van der Waals surface area contributed by atoms with Crippen LogP contribution in [0.4, 0.5) is 0 Å². The van der Waals surface area contributed by atoms with Crippen LogP contribution >= 0.6 is 11.3 Å². The lowest BCUT2D eigenvalue weighted by Gasteiger charge is -1.96. The third-order valence-corrected chi connectivity index (χ3v) is 2.40. The highest BCUT2D eigenvalue weighted by Crippen LogP contribution is 2.18. The number of aromatic nitrogens is 2. The minimum atomic E-state index is 0.367. The molecule has 6 heteroatoms. The highest BCUT2D eigenvalue weighted by atomic mass is 32.1. The van der Waals surface area contributed by atoms with Gasteiger partial charge in [-0.05, 0) is 12.1 Å². The van der Waals surface area contributed by atoms with Gasteiger partial charge in [-0.25, -0.2) is 0 Å². The molecule has 2 heterocycles. The number of ether oxygens (including phenoxy) is 1. The van der Waals surface area contributed by atoms with E-state index >= 15 is 0 Å². The molecule has 0 amide bonds. The minimum absolute atomic E-state index is 0.367. The van der Waals surface area contributed by atoms with E-state index < -0.39 is 0 Å². The molecule has 0 aliphatic heterocycles. The minimum Gasteiger partial charge on any atom is -0.466 e. The van der Waals surface area contributed by atoms with Crippen molar-refractivity contribution in [3.63, 3.8) is 0 Å². The Bertz CT molecular complexity index is 385. The van der Waals surface area contributed by atoms with E-state index in [0.717, 1.165) is 10.8 Å². The van der Waals surface area contributed by atoms with Crippen LogP contribution in [-0.2, 0) is 13.2 Å². The summed E-state index contributed by atoms with van der Waals surface area (Å²) in [4.78, 5) is 0. The summed E-state index contributed by atoms with van der Waals surface area (Å²) >= 11 is 1.34. The van der Waals surface area contributed by atoms with Crippen LogP contribution in [-0.4, -0.2) is 10.2 Å². The molecule has 2 rings (SSSR count). The number of hydrogen-bond donors (Lipinski definition) is 1. The van der Waals surface area contributed by atoms with Crippen LogP contribution in [0.25, 0.3) is 0 Å². The van der Waals surface area contributed by atoms with Crippen LogP contribution in [0.15, 0.2) is 22.8 Å². The summed E-state index contributed by atoms with van der Waals surface area (Å²) in [6.45, 7) is 0.758. The molecule has 0 saturated carbocycles. The van der Waals surface area contributed by atoms with E-state index in [9.17, 15) is 0 Å². The molecule has 2 aromatic heterocycles. The largest absolute Gasteiger partial charge is 0.466 e. The van der Waals surface area contributed by atoms with Crippen molar-refractivity contribution in [3.8, 4) is 5.19 Å². The molecular formula is C8H9N3O2S. The molecule has 0 aliphatic carbocycles. The molecule has 0 bridgehead atoms. The first kappa shape index (κ1) is 9.17. The second-order valence-electron chi connectivity index (χ2n) is 2.53. The Hall–Kier alpha value is -1.40. The maximum absolute atomic E-state index is 5.39. The first-order valence-electron chi connectivity index (χ1n) is 4.06. The highest BCUT2D eigenvalue weighted by molar-refractivity contribution is 7.13. The van der Waals surface area contributed by atoms with Crippen LogP contribution in [0.2, 0.25) is 0 Å². The molecule has 0 unspecified atom stereocenters. The SMILES string of the molecule is NCc1nnc(OCc2ccco2)s1. The maximum atomic E-state index is 5.39. The number of hydrogen-bond acceptors (Lipinski definition) is 6. The van der Waals surface area contributed by atoms with Gasteiger partial charge in [-0.3, -0.25) is 0 Å². The molecule has 0 aliphatic rings. The van der Waals surface area contributed by atoms with Gasteiger partial charge in [0.2, 0.25) is 0 Å². The quantitative estimate of drug-likeness (QED) is 0.821. The van der Waals surface area contributed by atoms with Gasteiger partial charge < -0.3 is 14.9 Å². The summed E-state index contributed by atoms with van der Waals surface area (Å²) in [5.41, 5.74) is 5.39. The average Bonchev–Trinajstić information content (AvgIpc) is 2.86. The van der Waals surface area contributed by atoms with E-state index in [4.69, 9.17) is 14.9 Å². The van der Waals surface area contributed by atoms with Crippen LogP contribution in [0, 0.1) is 0 Å². The zero-order chi connectivity index (χ0) is 9.80. The van der Waals surface area contributed by atoms with Gasteiger partial charge >= 0.3 is 0 Å². The molecule has 0 atom stereocenters. The maximum Gasteiger partial charge on any atom is 0.294 e. The molecule has 0 radical (unpaired) electrons. The summed E-state index contributed by atoms with van der Waals surface area (Å²) in [7, 11) is 0. The molecule has 0 aromatic carbocycles. The summed E-state index contributed by atoms with van der Waals surface area (Å²) in [6.07, 6.45) is 1.60. The van der Waals surface area contributed by atoms with Crippen LogP contribution < -0.4 is 10.5 Å². The standard InChI is InChI=1S/C8H9N3O2S/c9-4-7-10-11-8(14-7)13-5-6-2-1-3-12-6/h1-3H,4-5,9H2. The monoisotopic (exact) mass is 211 g/mol. The first-order valence-corrected chi connectivity index (χ1v) is 4.88. The van der Waals surface area contributed by atoms with Gasteiger partial charge in [0, 0.05) is 6.54 Å². The predicted molar refractivity (Wildman–Crippen MR) is 50.8 cm³/mol. The average molecular weight is 211 g/mol. The van der Waals surface area contributed by atoms with Gasteiger partial charge in [0.05, 0.1) is 6.26 Å². The van der Waals surface area contributed by atoms with E-state index in [1.807, 2.05) is 12.1 Å². The third-order valence-electron chi connectivity index (χ3n) is 1.54. The van der Waals surface area contributed by atoms with Crippen LogP contribution in [0.5, 0.6) is 5.19 Å². The lowest BCUT2D eigenvalue weighted by Crippen LogP contribution is -1.94. The van der Waals surface area contributed by atoms with Crippen molar-refractivity contribution in [1.82, 2.24) is 10.2 Å². The third kappa shape index (κ3) is 2.09. The Labute approximate surface area is 84.5 Å². The molecule has 0 spiro atoms. The second kappa shape index (κ2) is 4.21. The predicted octanol–water partition coefficient (Wildman–Crippen LogP) is 1.17. The fraction of sp³-hybridized carbons (Fsp3) is 0.250. The van der Waals surface area contributed by atoms with E-state index in [-0.39, 0.29) is 0 Å². The van der Waals surface area contributed by atoms with Crippen molar-refractivity contribution in [3.05, 3.63) is 29.2 Å². The topological polar surface area (TPSA) is 74.2 Å². The summed E-state index contributed by atoms with van der Waals surface area (Å²) in [5, 5.41) is 8.91. The first-order chi connectivity index (χ1) is 6.88. The van der Waals surface area contributed by atoms with Gasteiger partial charge in [0.25, 0.3) is 5.19 Å². The lowest BCUT2D eigenvalue weighted by molar-refractivity contribution is 0.267. The number of nitrogens with two attached hydrogens (primary N) is 1. The molecular weight excluding hydrogens is 202 g/mol. The summed E-state index contributed by atoms with van der Waals surface area (Å²) < 4.78 is 10.4. The van der Waals surface area contributed by atoms with E-state index in [1.54, 1.807) is 6.26 Å². The van der Waals surface area contributed by atoms with Crippen molar-refractivity contribution in [2.24, 2.45) is 5.73 Å². The Kier molecular flexibility index (Phi) is 2.76. The Morgan fingerprint density at radius 1 is 1.50 bits per heavy atom. The zero-order valence-corrected chi connectivity index (χ0v) is 8.16. The van der Waals surface area contributed by atoms with Crippen LogP contribution in [0.3, 0.4) is 0 Å². The zero-order valence-electron chi connectivity index (χ0n) is 7.34. The van der Waals surface area contributed by atoms with Gasteiger partial charge in [0.1, 0.15) is 17.4 Å². The van der Waals surface area contributed by atoms with Gasteiger partial charge in [-0.15, -0.1) is 5.10 Å². The molecule has 74 valence electrons. The van der Waals surface area contributed by atoms with E-state index in [2.05, 4.69) is 10.2 Å². The molecule has 14 heavy (non-hydrogen) atoms. The molecule has 5 nitrogen and oxygen atoms in total. The number of nitrogens with zero attached hydrogens (tertiary/aromatic N) is 2. The molecule has 2 N–H and O–H groups in total. The van der Waals surface area contributed by atoms with Crippen molar-refractivity contribution >= 4 is 11.3 Å². The smallest absolute Gasteiger partial charge is 0.294 e. The summed E-state index contributed by atoms with van der Waals surface area (Å²) in [5.74, 6) is 0.759. The molecule has 2 aromatic rings. The van der Waals surface area contributed by atoms with Crippen molar-refractivity contribution in [1.29, 1.82) is 0 Å². The Balaban J connectivity index is 1.92. The number of rotatable bonds is 4. The second-order valence-corrected chi connectivity index (χ2v) is 3.56. The molecule has 0 fully saturated rings. The van der Waals surface area contributed by atoms with Crippen molar-refractivity contribution in [2.45, 2.75) is 13.2 Å². The van der Waals surface area contributed by atoms with Crippen molar-refractivity contribution < 1.29 is 9.15 Å². The summed E-state index contributed by atoms with van der Waals surface area (Å²) in [6, 6.07) is 3.65. The molecule has 0 saturated heterocycles. The van der Waals surface area contributed by atoms with Crippen molar-refractivity contribution in [2.75, 3.05) is 0 Å². The van der Waals surface area contributed by atoms with Crippen LogP contribution in [0.1, 0.15) is 10.8 Å². The van der Waals surface area contributed by atoms with Gasteiger partial charge in [0.15, 0.2) is 0 Å². The fourth-order valence-electron chi connectivity index (χ4n) is 0.907. The highest BCUT2D eigenvalue weighted by Gasteiger charge is 2.04. The fourth-order valence-corrected chi connectivity index (χ4v) is 1.47. The van der Waals surface area contributed by atoms with Gasteiger partial charge in [-0.2, -0.15) is 0 Å². The van der Waals surface area contributed by atoms with E-state index in [0.29, 0.717) is 18.3 Å². The Morgan fingerprint density at radius 2 is 2.43 bits per heavy atom. The Morgan fingerprint density at radius 3 is 3.07 bits per heavy atom. The number of furan rings is 1.